The van der Waals surface area contributed by atoms with Crippen molar-refractivity contribution in [1.82, 2.24) is 5.32 Å². The molecule has 0 amide bonds. The predicted molar refractivity (Wildman–Crippen MR) is 53.9 cm³/mol. The summed E-state index contributed by atoms with van der Waals surface area (Å²) in [6.45, 7) is 1.47. The Hall–Kier alpha value is -0.800. The largest absolute Gasteiger partial charge is 0.467 e. The zero-order valence-electron chi connectivity index (χ0n) is 8.58. The molecular formula is C11H17NO2. The molecule has 0 saturated heterocycles. The second kappa shape index (κ2) is 4.62. The van der Waals surface area contributed by atoms with Gasteiger partial charge in [-0.25, -0.2) is 0 Å². The third kappa shape index (κ3) is 2.36. The number of hydrogen-bond donors (Lipinski definition) is 1. The molecule has 14 heavy (non-hydrogen) atoms. The lowest BCUT2D eigenvalue weighted by Gasteiger charge is -2.24. The van der Waals surface area contributed by atoms with Crippen LogP contribution in [0.15, 0.2) is 16.7 Å². The highest BCUT2D eigenvalue weighted by Crippen LogP contribution is 2.23. The van der Waals surface area contributed by atoms with Crippen LogP contribution in [0.3, 0.4) is 0 Å². The molecule has 1 heterocycles. The second-order valence-corrected chi connectivity index (χ2v) is 3.82. The maximum absolute atomic E-state index is 5.64. The predicted octanol–water partition coefficient (Wildman–Crippen LogP) is 2.07. The van der Waals surface area contributed by atoms with Gasteiger partial charge in [0.05, 0.1) is 12.4 Å². The Balaban J connectivity index is 1.77. The minimum atomic E-state index is 0.479. The van der Waals surface area contributed by atoms with E-state index < -0.39 is 0 Å². The smallest absolute Gasteiger partial charge is 0.129 e. The maximum atomic E-state index is 5.64. The lowest BCUT2D eigenvalue weighted by Crippen LogP contribution is -2.20. The summed E-state index contributed by atoms with van der Waals surface area (Å²) >= 11 is 0. The van der Waals surface area contributed by atoms with E-state index in [4.69, 9.17) is 9.15 Å². The third-order valence-corrected chi connectivity index (χ3v) is 2.60. The quantitative estimate of drug-likeness (QED) is 0.781. The SMILES string of the molecule is CNCc1coc(COC2CCC2)c1. The molecule has 1 aromatic rings. The van der Waals surface area contributed by atoms with Crippen LogP contribution in [0.1, 0.15) is 30.6 Å². The van der Waals surface area contributed by atoms with Gasteiger partial charge >= 0.3 is 0 Å². The molecule has 2 rings (SSSR count). The van der Waals surface area contributed by atoms with E-state index in [0.29, 0.717) is 12.7 Å². The first-order chi connectivity index (χ1) is 6.88. The fraction of sp³-hybridized carbons (Fsp3) is 0.636. The molecule has 1 fully saturated rings. The molecule has 1 aromatic heterocycles. The molecule has 0 aliphatic heterocycles. The van der Waals surface area contributed by atoms with E-state index in [1.54, 1.807) is 6.26 Å². The van der Waals surface area contributed by atoms with Crippen molar-refractivity contribution in [2.24, 2.45) is 0 Å². The third-order valence-electron chi connectivity index (χ3n) is 2.60. The van der Waals surface area contributed by atoms with Gasteiger partial charge in [0.15, 0.2) is 0 Å². The van der Waals surface area contributed by atoms with Crippen molar-refractivity contribution >= 4 is 0 Å². The van der Waals surface area contributed by atoms with E-state index in [9.17, 15) is 0 Å². The Morgan fingerprint density at radius 3 is 3.07 bits per heavy atom. The molecule has 1 saturated carbocycles. The standard InChI is InChI=1S/C11H17NO2/c1-12-6-9-5-11(13-7-9)8-14-10-3-2-4-10/h5,7,10,12H,2-4,6,8H2,1H3. The number of ether oxygens (including phenoxy) is 1. The average molecular weight is 195 g/mol. The van der Waals surface area contributed by atoms with Gasteiger partial charge in [0.25, 0.3) is 0 Å². The van der Waals surface area contributed by atoms with Crippen LogP contribution in [-0.4, -0.2) is 13.2 Å². The Morgan fingerprint density at radius 1 is 1.57 bits per heavy atom. The fourth-order valence-corrected chi connectivity index (χ4v) is 1.54. The molecule has 0 atom stereocenters. The van der Waals surface area contributed by atoms with E-state index in [1.807, 2.05) is 7.05 Å². The molecular weight excluding hydrogens is 178 g/mol. The van der Waals surface area contributed by atoms with Crippen LogP contribution in [0, 0.1) is 0 Å². The van der Waals surface area contributed by atoms with Crippen molar-refractivity contribution in [1.29, 1.82) is 0 Å². The molecule has 0 aromatic carbocycles. The first-order valence-corrected chi connectivity index (χ1v) is 5.21. The molecule has 3 nitrogen and oxygen atoms in total. The van der Waals surface area contributed by atoms with Crippen LogP contribution in [0.25, 0.3) is 0 Å². The van der Waals surface area contributed by atoms with E-state index in [0.717, 1.165) is 12.3 Å². The first-order valence-electron chi connectivity index (χ1n) is 5.21. The lowest BCUT2D eigenvalue weighted by atomic mass is 9.96. The Morgan fingerprint density at radius 2 is 2.43 bits per heavy atom. The molecule has 3 heteroatoms. The van der Waals surface area contributed by atoms with E-state index in [-0.39, 0.29) is 0 Å². The maximum Gasteiger partial charge on any atom is 0.129 e. The van der Waals surface area contributed by atoms with Crippen molar-refractivity contribution < 1.29 is 9.15 Å². The van der Waals surface area contributed by atoms with Crippen molar-refractivity contribution in [3.8, 4) is 0 Å². The van der Waals surface area contributed by atoms with Crippen molar-refractivity contribution in [2.45, 2.75) is 38.5 Å². The number of nitrogens with one attached hydrogen (secondary N) is 1. The second-order valence-electron chi connectivity index (χ2n) is 3.82. The van der Waals surface area contributed by atoms with Gasteiger partial charge in [0, 0.05) is 12.1 Å². The Labute approximate surface area is 84.4 Å². The van der Waals surface area contributed by atoms with Crippen LogP contribution >= 0.6 is 0 Å². The monoisotopic (exact) mass is 195 g/mol. The summed E-state index contributed by atoms with van der Waals surface area (Å²) < 4.78 is 11.0. The van der Waals surface area contributed by atoms with Crippen LogP contribution in [0.2, 0.25) is 0 Å². The minimum absolute atomic E-state index is 0.479. The highest BCUT2D eigenvalue weighted by Gasteiger charge is 2.18. The molecule has 0 spiro atoms. The van der Waals surface area contributed by atoms with Gasteiger partial charge in [0.1, 0.15) is 12.4 Å². The van der Waals surface area contributed by atoms with Gasteiger partial charge in [-0.3, -0.25) is 0 Å². The fourth-order valence-electron chi connectivity index (χ4n) is 1.54. The van der Waals surface area contributed by atoms with Crippen LogP contribution < -0.4 is 5.32 Å². The zero-order chi connectivity index (χ0) is 9.80. The Bertz CT molecular complexity index is 279. The van der Waals surface area contributed by atoms with Gasteiger partial charge in [-0.05, 0) is 32.4 Å². The molecule has 0 radical (unpaired) electrons. The van der Waals surface area contributed by atoms with E-state index in [2.05, 4.69) is 11.4 Å². The van der Waals surface area contributed by atoms with Gasteiger partial charge < -0.3 is 14.5 Å². The van der Waals surface area contributed by atoms with Gasteiger partial charge in [-0.2, -0.15) is 0 Å². The summed E-state index contributed by atoms with van der Waals surface area (Å²) in [6.07, 6.45) is 6.01. The highest BCUT2D eigenvalue weighted by molar-refractivity contribution is 5.11. The highest BCUT2D eigenvalue weighted by atomic mass is 16.5. The van der Waals surface area contributed by atoms with E-state index >= 15 is 0 Å². The average Bonchev–Trinajstić information content (AvgIpc) is 2.51. The summed E-state index contributed by atoms with van der Waals surface area (Å²) in [6, 6.07) is 2.05. The van der Waals surface area contributed by atoms with Crippen LogP contribution in [-0.2, 0) is 17.9 Å². The Kier molecular flexibility index (Phi) is 3.22. The molecule has 78 valence electrons. The summed E-state index contributed by atoms with van der Waals surface area (Å²) in [5, 5.41) is 3.08. The summed E-state index contributed by atoms with van der Waals surface area (Å²) in [5.41, 5.74) is 1.18. The summed E-state index contributed by atoms with van der Waals surface area (Å²) in [7, 11) is 1.93. The van der Waals surface area contributed by atoms with Crippen molar-refractivity contribution in [3.63, 3.8) is 0 Å². The molecule has 0 bridgehead atoms. The first kappa shape index (κ1) is 9.74. The van der Waals surface area contributed by atoms with Crippen LogP contribution in [0.4, 0.5) is 0 Å². The molecule has 1 N–H and O–H groups in total. The number of hydrogen-bond acceptors (Lipinski definition) is 3. The molecule has 1 aliphatic carbocycles. The summed E-state index contributed by atoms with van der Waals surface area (Å²) in [5.74, 6) is 0.933. The normalized spacial score (nSPS) is 16.9. The topological polar surface area (TPSA) is 34.4 Å². The zero-order valence-corrected chi connectivity index (χ0v) is 8.58. The molecule has 0 unspecified atom stereocenters. The van der Waals surface area contributed by atoms with Crippen molar-refractivity contribution in [3.05, 3.63) is 23.7 Å². The van der Waals surface area contributed by atoms with Crippen LogP contribution in [0.5, 0.6) is 0 Å². The number of rotatable bonds is 5. The minimum Gasteiger partial charge on any atom is -0.467 e. The van der Waals surface area contributed by atoms with Gasteiger partial charge in [0.2, 0.25) is 0 Å². The lowest BCUT2D eigenvalue weighted by molar-refractivity contribution is -0.0157. The van der Waals surface area contributed by atoms with Gasteiger partial charge in [-0.1, -0.05) is 0 Å². The summed E-state index contributed by atoms with van der Waals surface area (Å²) in [4.78, 5) is 0. The molecule has 1 aliphatic rings. The van der Waals surface area contributed by atoms with E-state index in [1.165, 1.54) is 24.8 Å². The van der Waals surface area contributed by atoms with Crippen molar-refractivity contribution in [2.75, 3.05) is 7.05 Å². The van der Waals surface area contributed by atoms with Gasteiger partial charge in [-0.15, -0.1) is 0 Å². The number of furan rings is 1.